The summed E-state index contributed by atoms with van der Waals surface area (Å²) in [5.41, 5.74) is 0.0318. The highest BCUT2D eigenvalue weighted by atomic mass is 16.5. The number of nitrogens with zero attached hydrogens (tertiary/aromatic N) is 2. The van der Waals surface area contributed by atoms with Crippen LogP contribution in [0.15, 0.2) is 24.3 Å². The van der Waals surface area contributed by atoms with E-state index in [9.17, 15) is 14.4 Å². The minimum absolute atomic E-state index is 0.233. The second-order valence-electron chi connectivity index (χ2n) is 6.99. The van der Waals surface area contributed by atoms with E-state index in [0.717, 1.165) is 16.2 Å². The van der Waals surface area contributed by atoms with E-state index in [0.29, 0.717) is 39.1 Å². The van der Waals surface area contributed by atoms with Crippen LogP contribution in [0.5, 0.6) is 5.75 Å². The van der Waals surface area contributed by atoms with Crippen molar-refractivity contribution in [1.29, 1.82) is 0 Å². The average molecular weight is 375 g/mol. The van der Waals surface area contributed by atoms with E-state index in [1.165, 1.54) is 0 Å². The van der Waals surface area contributed by atoms with Crippen LogP contribution < -0.4 is 10.1 Å². The molecule has 1 atom stereocenters. The molecule has 2 aliphatic rings. The first kappa shape index (κ1) is 19.2. The van der Waals surface area contributed by atoms with E-state index in [1.807, 2.05) is 24.3 Å². The summed E-state index contributed by atoms with van der Waals surface area (Å²) in [6.45, 7) is 3.39. The first-order chi connectivity index (χ1) is 12.9. The molecule has 0 unspecified atom stereocenters. The van der Waals surface area contributed by atoms with E-state index in [2.05, 4.69) is 5.32 Å². The van der Waals surface area contributed by atoms with Crippen LogP contribution in [0.4, 0.5) is 4.79 Å². The molecule has 2 fully saturated rings. The van der Waals surface area contributed by atoms with Crippen molar-refractivity contribution in [3.63, 3.8) is 0 Å². The maximum absolute atomic E-state index is 12.8. The lowest BCUT2D eigenvalue weighted by atomic mass is 9.93. The number of imide groups is 1. The predicted molar refractivity (Wildman–Crippen MR) is 97.4 cm³/mol. The zero-order valence-corrected chi connectivity index (χ0v) is 15.7. The topological polar surface area (TPSA) is 88.2 Å². The highest BCUT2D eigenvalue weighted by Gasteiger charge is 2.48. The Morgan fingerprint density at radius 1 is 1.22 bits per heavy atom. The van der Waals surface area contributed by atoms with Crippen LogP contribution in [-0.4, -0.2) is 73.1 Å². The molecule has 0 saturated carbocycles. The van der Waals surface area contributed by atoms with Gasteiger partial charge in [0.05, 0.1) is 20.3 Å². The van der Waals surface area contributed by atoms with Crippen molar-refractivity contribution < 1.29 is 23.9 Å². The summed E-state index contributed by atoms with van der Waals surface area (Å²) in [6.07, 6.45) is 1.07. The third kappa shape index (κ3) is 4.21. The molecule has 0 aromatic heterocycles. The molecule has 1 aromatic carbocycles. The number of benzene rings is 1. The van der Waals surface area contributed by atoms with Crippen LogP contribution in [-0.2, 0) is 20.7 Å². The zero-order chi connectivity index (χ0) is 19.4. The van der Waals surface area contributed by atoms with Crippen molar-refractivity contribution in [3.05, 3.63) is 29.8 Å². The van der Waals surface area contributed by atoms with Gasteiger partial charge in [-0.1, -0.05) is 12.1 Å². The molecule has 2 saturated heterocycles. The van der Waals surface area contributed by atoms with Crippen molar-refractivity contribution in [2.45, 2.75) is 25.3 Å². The standard InChI is InChI=1S/C19H25N3O5/c1-19(8-7-14-3-5-15(26-2)6-4-14)17(24)22(18(25)20-19)13-16(23)21-9-11-27-12-10-21/h3-6H,7-13H2,1-2H3,(H,20,25)/t19-/m0/s1. The van der Waals surface area contributed by atoms with Gasteiger partial charge in [-0.15, -0.1) is 0 Å². The number of urea groups is 1. The van der Waals surface area contributed by atoms with Crippen LogP contribution in [0.3, 0.4) is 0 Å². The molecule has 8 heteroatoms. The van der Waals surface area contributed by atoms with Crippen LogP contribution >= 0.6 is 0 Å². The summed E-state index contributed by atoms with van der Waals surface area (Å²) < 4.78 is 10.4. The number of hydrogen-bond acceptors (Lipinski definition) is 5. The van der Waals surface area contributed by atoms with Gasteiger partial charge in [-0.25, -0.2) is 4.79 Å². The van der Waals surface area contributed by atoms with Gasteiger partial charge in [0.15, 0.2) is 0 Å². The smallest absolute Gasteiger partial charge is 0.325 e. The summed E-state index contributed by atoms with van der Waals surface area (Å²) >= 11 is 0. The van der Waals surface area contributed by atoms with Gasteiger partial charge in [0, 0.05) is 13.1 Å². The number of ether oxygens (including phenoxy) is 2. The Morgan fingerprint density at radius 2 is 1.89 bits per heavy atom. The molecular weight excluding hydrogens is 350 g/mol. The lowest BCUT2D eigenvalue weighted by molar-refractivity contribution is -0.141. The minimum Gasteiger partial charge on any atom is -0.497 e. The number of hydrogen-bond donors (Lipinski definition) is 1. The number of rotatable bonds is 6. The van der Waals surface area contributed by atoms with E-state index in [4.69, 9.17) is 9.47 Å². The average Bonchev–Trinajstić information content (AvgIpc) is 2.91. The molecule has 0 spiro atoms. The monoisotopic (exact) mass is 375 g/mol. The van der Waals surface area contributed by atoms with Gasteiger partial charge in [-0.3, -0.25) is 14.5 Å². The summed E-state index contributed by atoms with van der Waals surface area (Å²) in [5, 5.41) is 2.75. The Labute approximate surface area is 158 Å². The summed E-state index contributed by atoms with van der Waals surface area (Å²) in [4.78, 5) is 40.1. The number of nitrogens with one attached hydrogen (secondary N) is 1. The lowest BCUT2D eigenvalue weighted by Crippen LogP contribution is -2.48. The second kappa shape index (κ2) is 7.96. The quantitative estimate of drug-likeness (QED) is 0.743. The predicted octanol–water partition coefficient (Wildman–Crippen LogP) is 0.797. The number of carbonyl (C=O) groups excluding carboxylic acids is 3. The fourth-order valence-corrected chi connectivity index (χ4v) is 3.29. The van der Waals surface area contributed by atoms with Gasteiger partial charge >= 0.3 is 6.03 Å². The molecule has 27 heavy (non-hydrogen) atoms. The van der Waals surface area contributed by atoms with Crippen molar-refractivity contribution in [3.8, 4) is 5.75 Å². The molecule has 1 aromatic rings. The largest absolute Gasteiger partial charge is 0.497 e. The van der Waals surface area contributed by atoms with E-state index < -0.39 is 11.6 Å². The maximum atomic E-state index is 12.8. The van der Waals surface area contributed by atoms with Crippen LogP contribution in [0.25, 0.3) is 0 Å². The minimum atomic E-state index is -1.01. The summed E-state index contributed by atoms with van der Waals surface area (Å²) in [6, 6.07) is 7.07. The maximum Gasteiger partial charge on any atom is 0.325 e. The second-order valence-corrected chi connectivity index (χ2v) is 6.99. The lowest BCUT2D eigenvalue weighted by Gasteiger charge is -2.28. The Bertz CT molecular complexity index is 715. The molecule has 1 N–H and O–H groups in total. The van der Waals surface area contributed by atoms with Crippen molar-refractivity contribution in [2.75, 3.05) is 40.0 Å². The molecule has 0 radical (unpaired) electrons. The molecule has 4 amide bonds. The van der Waals surface area contributed by atoms with E-state index in [-0.39, 0.29) is 18.4 Å². The van der Waals surface area contributed by atoms with Gasteiger partial charge in [-0.2, -0.15) is 0 Å². The third-order valence-corrected chi connectivity index (χ3v) is 5.08. The van der Waals surface area contributed by atoms with Crippen molar-refractivity contribution in [2.24, 2.45) is 0 Å². The molecule has 0 aliphatic carbocycles. The molecule has 2 aliphatic heterocycles. The van der Waals surface area contributed by atoms with Gasteiger partial charge in [0.25, 0.3) is 5.91 Å². The molecule has 8 nitrogen and oxygen atoms in total. The van der Waals surface area contributed by atoms with Crippen LogP contribution in [0.1, 0.15) is 18.9 Å². The van der Waals surface area contributed by atoms with Crippen molar-refractivity contribution >= 4 is 17.8 Å². The first-order valence-electron chi connectivity index (χ1n) is 9.05. The van der Waals surface area contributed by atoms with Crippen LogP contribution in [0.2, 0.25) is 0 Å². The number of morpholine rings is 1. The SMILES string of the molecule is COc1ccc(CC[C@]2(C)NC(=O)N(CC(=O)N3CCOCC3)C2=O)cc1. The molecule has 3 rings (SSSR count). The van der Waals surface area contributed by atoms with Gasteiger partial charge in [-0.05, 0) is 37.5 Å². The van der Waals surface area contributed by atoms with Gasteiger partial charge < -0.3 is 19.7 Å². The normalized spacial score (nSPS) is 22.7. The fourth-order valence-electron chi connectivity index (χ4n) is 3.29. The third-order valence-electron chi connectivity index (χ3n) is 5.08. The number of methoxy groups -OCH3 is 1. The molecule has 0 bridgehead atoms. The van der Waals surface area contributed by atoms with Gasteiger partial charge in [0.1, 0.15) is 17.8 Å². The zero-order valence-electron chi connectivity index (χ0n) is 15.7. The van der Waals surface area contributed by atoms with Gasteiger partial charge in [0.2, 0.25) is 5.91 Å². The van der Waals surface area contributed by atoms with Crippen molar-refractivity contribution in [1.82, 2.24) is 15.1 Å². The first-order valence-corrected chi connectivity index (χ1v) is 9.05. The Kier molecular flexibility index (Phi) is 5.65. The highest BCUT2D eigenvalue weighted by molar-refractivity contribution is 6.08. The number of carbonyl (C=O) groups is 3. The number of aryl methyl sites for hydroxylation is 1. The van der Waals surface area contributed by atoms with E-state index in [1.54, 1.807) is 18.9 Å². The number of amides is 4. The molecular formula is C19H25N3O5. The Hall–Kier alpha value is -2.61. The Morgan fingerprint density at radius 3 is 2.52 bits per heavy atom. The molecule has 146 valence electrons. The molecule has 2 heterocycles. The highest BCUT2D eigenvalue weighted by Crippen LogP contribution is 2.24. The Balaban J connectivity index is 1.60. The fraction of sp³-hybridized carbons (Fsp3) is 0.526. The van der Waals surface area contributed by atoms with E-state index >= 15 is 0 Å². The summed E-state index contributed by atoms with van der Waals surface area (Å²) in [7, 11) is 1.61. The van der Waals surface area contributed by atoms with Crippen LogP contribution in [0, 0.1) is 0 Å². The summed E-state index contributed by atoms with van der Waals surface area (Å²) in [5.74, 6) is 0.173.